The van der Waals surface area contributed by atoms with Crippen molar-refractivity contribution in [2.45, 2.75) is 49.3 Å². The standard InChI is InChI=1S/C20H23Cl2N3O2S/c1-5-13(4)6-7-25-17(11-27-20(23)26)24-18(12(2)3)19(25)28-16-9-14(21)8-15(22)10-16/h5,8-10,12H,1,4,6-7,11H2,2-3H3,(H2,23,26). The van der Waals surface area contributed by atoms with Crippen LogP contribution < -0.4 is 5.73 Å². The van der Waals surface area contributed by atoms with Crippen LogP contribution in [0, 0.1) is 0 Å². The fourth-order valence-corrected chi connectivity index (χ4v) is 4.46. The van der Waals surface area contributed by atoms with E-state index in [0.717, 1.165) is 21.2 Å². The average molecular weight is 440 g/mol. The van der Waals surface area contributed by atoms with Crippen LogP contribution >= 0.6 is 35.0 Å². The number of carbonyl (C=O) groups is 1. The number of halogens is 2. The molecule has 0 fully saturated rings. The summed E-state index contributed by atoms with van der Waals surface area (Å²) in [5.74, 6) is 0.781. The van der Waals surface area contributed by atoms with E-state index in [1.165, 1.54) is 11.8 Å². The van der Waals surface area contributed by atoms with Gasteiger partial charge in [0.05, 0.1) is 5.69 Å². The minimum absolute atomic E-state index is 0.00746. The van der Waals surface area contributed by atoms with E-state index >= 15 is 0 Å². The minimum atomic E-state index is -0.841. The number of primary amides is 1. The SMILES string of the molecule is C=CC(=C)CCn1c(COC(N)=O)nc(C(C)C)c1Sc1cc(Cl)cc(Cl)c1. The van der Waals surface area contributed by atoms with Crippen molar-refractivity contribution in [2.24, 2.45) is 5.73 Å². The van der Waals surface area contributed by atoms with E-state index in [-0.39, 0.29) is 12.5 Å². The predicted molar refractivity (Wildman–Crippen MR) is 115 cm³/mol. The Labute approximate surface area is 179 Å². The zero-order chi connectivity index (χ0) is 20.8. The second kappa shape index (κ2) is 10.0. The summed E-state index contributed by atoms with van der Waals surface area (Å²) in [5, 5.41) is 2.06. The molecule has 1 aromatic carbocycles. The molecule has 2 N–H and O–H groups in total. The van der Waals surface area contributed by atoms with Gasteiger partial charge in [0.1, 0.15) is 10.9 Å². The van der Waals surface area contributed by atoms with Crippen molar-refractivity contribution in [1.82, 2.24) is 9.55 Å². The molecular weight excluding hydrogens is 417 g/mol. The first-order valence-corrected chi connectivity index (χ1v) is 10.2. The van der Waals surface area contributed by atoms with E-state index in [0.29, 0.717) is 28.8 Å². The number of amides is 1. The van der Waals surface area contributed by atoms with Crippen molar-refractivity contribution < 1.29 is 9.53 Å². The summed E-state index contributed by atoms with van der Waals surface area (Å²) < 4.78 is 7.02. The van der Waals surface area contributed by atoms with Crippen molar-refractivity contribution >= 4 is 41.1 Å². The van der Waals surface area contributed by atoms with Crippen molar-refractivity contribution in [3.8, 4) is 0 Å². The summed E-state index contributed by atoms with van der Waals surface area (Å²) in [6.07, 6.45) is 1.57. The first kappa shape index (κ1) is 22.4. The Bertz CT molecular complexity index is 874. The number of allylic oxidation sites excluding steroid dienone is 2. The summed E-state index contributed by atoms with van der Waals surface area (Å²) in [7, 11) is 0. The molecule has 0 bridgehead atoms. The number of nitrogens with zero attached hydrogens (tertiary/aromatic N) is 2. The zero-order valence-electron chi connectivity index (χ0n) is 15.9. The third kappa shape index (κ3) is 6.06. The summed E-state index contributed by atoms with van der Waals surface area (Å²) in [6.45, 7) is 12.4. The molecule has 0 saturated carbocycles. The largest absolute Gasteiger partial charge is 0.442 e. The molecule has 2 aromatic rings. The lowest BCUT2D eigenvalue weighted by atomic mass is 10.1. The second-order valence-corrected chi connectivity index (χ2v) is 8.39. The van der Waals surface area contributed by atoms with Crippen LogP contribution in [0.25, 0.3) is 0 Å². The molecule has 0 atom stereocenters. The molecule has 0 aliphatic carbocycles. The van der Waals surface area contributed by atoms with Gasteiger partial charge in [-0.25, -0.2) is 9.78 Å². The van der Waals surface area contributed by atoms with Gasteiger partial charge >= 0.3 is 6.09 Å². The van der Waals surface area contributed by atoms with Gasteiger partial charge in [-0.05, 0) is 30.5 Å². The Balaban J connectivity index is 2.49. The van der Waals surface area contributed by atoms with Gasteiger partial charge in [-0.1, -0.05) is 73.6 Å². The third-order valence-electron chi connectivity index (χ3n) is 3.91. The first-order chi connectivity index (χ1) is 13.2. The van der Waals surface area contributed by atoms with E-state index in [1.807, 2.05) is 16.7 Å². The molecule has 8 heteroatoms. The van der Waals surface area contributed by atoms with Crippen molar-refractivity contribution in [3.63, 3.8) is 0 Å². The average Bonchev–Trinajstić information content (AvgIpc) is 2.94. The highest BCUT2D eigenvalue weighted by Gasteiger charge is 2.21. The molecule has 0 aliphatic rings. The maximum absolute atomic E-state index is 11.1. The van der Waals surface area contributed by atoms with Crippen LogP contribution in [0.15, 0.2) is 52.9 Å². The van der Waals surface area contributed by atoms with Crippen LogP contribution in [0.2, 0.25) is 10.0 Å². The van der Waals surface area contributed by atoms with Crippen LogP contribution in [-0.4, -0.2) is 15.6 Å². The zero-order valence-corrected chi connectivity index (χ0v) is 18.2. The lowest BCUT2D eigenvalue weighted by Gasteiger charge is -2.14. The van der Waals surface area contributed by atoms with Crippen LogP contribution in [-0.2, 0) is 17.9 Å². The number of ether oxygens (including phenoxy) is 1. The Hall–Kier alpha value is -1.89. The molecule has 1 aromatic heterocycles. The Morgan fingerprint density at radius 3 is 2.54 bits per heavy atom. The first-order valence-electron chi connectivity index (χ1n) is 8.67. The number of aromatic nitrogens is 2. The smallest absolute Gasteiger partial charge is 0.404 e. The molecule has 28 heavy (non-hydrogen) atoms. The molecule has 0 aliphatic heterocycles. The quantitative estimate of drug-likeness (QED) is 0.472. The maximum atomic E-state index is 11.1. The third-order valence-corrected chi connectivity index (χ3v) is 5.44. The topological polar surface area (TPSA) is 70.1 Å². The molecule has 2 rings (SSSR count). The summed E-state index contributed by atoms with van der Waals surface area (Å²) in [6, 6.07) is 5.39. The molecule has 1 amide bonds. The molecule has 0 unspecified atom stereocenters. The number of carbonyl (C=O) groups excluding carboxylic acids is 1. The molecule has 0 spiro atoms. The predicted octanol–water partition coefficient (Wildman–Crippen LogP) is 6.19. The number of nitrogens with two attached hydrogens (primary N) is 1. The lowest BCUT2D eigenvalue weighted by Crippen LogP contribution is -2.15. The number of benzene rings is 1. The maximum Gasteiger partial charge on any atom is 0.404 e. The molecule has 5 nitrogen and oxygen atoms in total. The number of hydrogen-bond donors (Lipinski definition) is 1. The molecular formula is C20H23Cl2N3O2S. The number of hydrogen-bond acceptors (Lipinski definition) is 4. The van der Waals surface area contributed by atoms with Crippen molar-refractivity contribution in [2.75, 3.05) is 0 Å². The molecule has 0 radical (unpaired) electrons. The van der Waals surface area contributed by atoms with Gasteiger partial charge in [0.25, 0.3) is 0 Å². The van der Waals surface area contributed by atoms with Gasteiger partial charge < -0.3 is 15.0 Å². The van der Waals surface area contributed by atoms with Crippen LogP contribution in [0.3, 0.4) is 0 Å². The van der Waals surface area contributed by atoms with Gasteiger partial charge in [0.15, 0.2) is 6.61 Å². The van der Waals surface area contributed by atoms with Gasteiger partial charge in [0.2, 0.25) is 0 Å². The highest BCUT2D eigenvalue weighted by molar-refractivity contribution is 7.99. The monoisotopic (exact) mass is 439 g/mol. The molecule has 150 valence electrons. The van der Waals surface area contributed by atoms with E-state index < -0.39 is 6.09 Å². The minimum Gasteiger partial charge on any atom is -0.442 e. The van der Waals surface area contributed by atoms with Gasteiger partial charge in [-0.2, -0.15) is 0 Å². The Morgan fingerprint density at radius 2 is 2.00 bits per heavy atom. The number of imidazole rings is 1. The normalized spacial score (nSPS) is 10.9. The van der Waals surface area contributed by atoms with Crippen molar-refractivity contribution in [3.05, 3.63) is 64.6 Å². The summed E-state index contributed by atoms with van der Waals surface area (Å²) >= 11 is 13.8. The van der Waals surface area contributed by atoms with Gasteiger partial charge in [-0.15, -0.1) is 0 Å². The summed E-state index contributed by atoms with van der Waals surface area (Å²) in [5.41, 5.74) is 6.94. The second-order valence-electron chi connectivity index (χ2n) is 6.45. The van der Waals surface area contributed by atoms with Crippen LogP contribution in [0.4, 0.5) is 4.79 Å². The molecule has 1 heterocycles. The molecule has 0 saturated heterocycles. The van der Waals surface area contributed by atoms with Crippen molar-refractivity contribution in [1.29, 1.82) is 0 Å². The highest BCUT2D eigenvalue weighted by atomic mass is 35.5. The summed E-state index contributed by atoms with van der Waals surface area (Å²) in [4.78, 5) is 16.7. The fraction of sp³-hybridized carbons (Fsp3) is 0.300. The van der Waals surface area contributed by atoms with Crippen LogP contribution in [0.5, 0.6) is 0 Å². The van der Waals surface area contributed by atoms with E-state index in [4.69, 9.17) is 38.7 Å². The van der Waals surface area contributed by atoms with E-state index in [2.05, 4.69) is 27.0 Å². The fourth-order valence-electron chi connectivity index (χ4n) is 2.52. The van der Waals surface area contributed by atoms with Gasteiger partial charge in [0, 0.05) is 21.5 Å². The Kier molecular flexibility index (Phi) is 8.04. The lowest BCUT2D eigenvalue weighted by molar-refractivity contribution is 0.145. The number of rotatable bonds is 9. The van der Waals surface area contributed by atoms with E-state index in [1.54, 1.807) is 12.1 Å². The van der Waals surface area contributed by atoms with Gasteiger partial charge in [-0.3, -0.25) is 0 Å². The highest BCUT2D eigenvalue weighted by Crippen LogP contribution is 2.37. The van der Waals surface area contributed by atoms with Crippen LogP contribution in [0.1, 0.15) is 37.7 Å². The van der Waals surface area contributed by atoms with E-state index in [9.17, 15) is 4.79 Å². The Morgan fingerprint density at radius 1 is 1.36 bits per heavy atom.